The molecule has 2 heterocycles. The van der Waals surface area contributed by atoms with E-state index < -0.39 is 0 Å². The summed E-state index contributed by atoms with van der Waals surface area (Å²) in [6.07, 6.45) is 3.22. The number of morpholine rings is 1. The lowest BCUT2D eigenvalue weighted by atomic mass is 9.98. The van der Waals surface area contributed by atoms with E-state index in [9.17, 15) is 4.79 Å². The van der Waals surface area contributed by atoms with Crippen LogP contribution in [0, 0.1) is 0 Å². The molecule has 0 spiro atoms. The van der Waals surface area contributed by atoms with E-state index in [-0.39, 0.29) is 6.03 Å². The summed E-state index contributed by atoms with van der Waals surface area (Å²) in [5, 5.41) is 6.50. The minimum absolute atomic E-state index is 0.0241. The van der Waals surface area contributed by atoms with Gasteiger partial charge in [-0.3, -0.25) is 0 Å². The number of para-hydroxylation sites is 1. The number of benzene rings is 1. The molecule has 3 rings (SSSR count). The molecule has 2 N–H and O–H groups in total. The molecule has 2 amide bonds. The Morgan fingerprint density at radius 1 is 1.33 bits per heavy atom. The third kappa shape index (κ3) is 3.47. The summed E-state index contributed by atoms with van der Waals surface area (Å²) in [4.78, 5) is 13.8. The van der Waals surface area contributed by atoms with Crippen LogP contribution in [0.3, 0.4) is 0 Å². The largest absolute Gasteiger partial charge is 0.385 e. The number of ether oxygens (including phenoxy) is 1. The Labute approximate surface area is 125 Å². The SMILES string of the molecule is O=C(NCCc1cccc2c1NCCC2)N1CCOCC1. The van der Waals surface area contributed by atoms with Crippen molar-refractivity contribution in [3.63, 3.8) is 0 Å². The second-order valence-corrected chi connectivity index (χ2v) is 5.56. The Balaban J connectivity index is 1.52. The molecule has 0 aliphatic carbocycles. The highest BCUT2D eigenvalue weighted by atomic mass is 16.5. The molecule has 0 aromatic heterocycles. The van der Waals surface area contributed by atoms with Gasteiger partial charge in [0.2, 0.25) is 0 Å². The number of carbonyl (C=O) groups excluding carboxylic acids is 1. The number of urea groups is 1. The van der Waals surface area contributed by atoms with Crippen LogP contribution in [0.4, 0.5) is 10.5 Å². The average molecular weight is 289 g/mol. The first-order valence-corrected chi connectivity index (χ1v) is 7.80. The van der Waals surface area contributed by atoms with E-state index in [2.05, 4.69) is 28.8 Å². The number of fused-ring (bicyclic) bond motifs is 1. The number of anilines is 1. The molecule has 5 heteroatoms. The Kier molecular flexibility index (Phi) is 4.60. The lowest BCUT2D eigenvalue weighted by Gasteiger charge is -2.27. The highest BCUT2D eigenvalue weighted by Crippen LogP contribution is 2.26. The minimum atomic E-state index is 0.0241. The molecule has 0 saturated carbocycles. The molecule has 1 aromatic rings. The molecule has 5 nitrogen and oxygen atoms in total. The molecule has 0 bridgehead atoms. The van der Waals surface area contributed by atoms with Crippen molar-refractivity contribution in [3.8, 4) is 0 Å². The van der Waals surface area contributed by atoms with E-state index in [0.717, 1.165) is 19.4 Å². The number of carbonyl (C=O) groups is 1. The Morgan fingerprint density at radius 3 is 3.05 bits per heavy atom. The van der Waals surface area contributed by atoms with Gasteiger partial charge in [0, 0.05) is 31.9 Å². The van der Waals surface area contributed by atoms with E-state index >= 15 is 0 Å². The van der Waals surface area contributed by atoms with Gasteiger partial charge < -0.3 is 20.3 Å². The van der Waals surface area contributed by atoms with Crippen LogP contribution in [0.25, 0.3) is 0 Å². The van der Waals surface area contributed by atoms with Crippen LogP contribution < -0.4 is 10.6 Å². The van der Waals surface area contributed by atoms with Crippen LogP contribution in [0.2, 0.25) is 0 Å². The summed E-state index contributed by atoms with van der Waals surface area (Å²) in [5.41, 5.74) is 3.98. The van der Waals surface area contributed by atoms with E-state index in [0.29, 0.717) is 32.8 Å². The monoisotopic (exact) mass is 289 g/mol. The number of nitrogens with zero attached hydrogens (tertiary/aromatic N) is 1. The summed E-state index contributed by atoms with van der Waals surface area (Å²) in [7, 11) is 0. The van der Waals surface area contributed by atoms with E-state index in [1.165, 1.54) is 23.2 Å². The van der Waals surface area contributed by atoms with Crippen LogP contribution in [0.15, 0.2) is 18.2 Å². The maximum atomic E-state index is 12.0. The first-order valence-electron chi connectivity index (χ1n) is 7.80. The Bertz CT molecular complexity index is 498. The highest BCUT2D eigenvalue weighted by Gasteiger charge is 2.16. The van der Waals surface area contributed by atoms with Crippen molar-refractivity contribution in [2.24, 2.45) is 0 Å². The maximum Gasteiger partial charge on any atom is 0.317 e. The van der Waals surface area contributed by atoms with E-state index in [1.807, 2.05) is 4.90 Å². The van der Waals surface area contributed by atoms with Gasteiger partial charge in [0.25, 0.3) is 0 Å². The predicted molar refractivity (Wildman–Crippen MR) is 82.7 cm³/mol. The standard InChI is InChI=1S/C16H23N3O2/c20-16(19-9-11-21-12-10-19)18-8-6-14-4-1-3-13-5-2-7-17-15(13)14/h1,3-4,17H,2,5-12H2,(H,18,20). The molecule has 2 aliphatic rings. The average Bonchev–Trinajstić information content (AvgIpc) is 2.56. The molecular weight excluding hydrogens is 266 g/mol. The maximum absolute atomic E-state index is 12.0. The summed E-state index contributed by atoms with van der Waals surface area (Å²) >= 11 is 0. The smallest absolute Gasteiger partial charge is 0.317 e. The zero-order valence-electron chi connectivity index (χ0n) is 12.4. The topological polar surface area (TPSA) is 53.6 Å². The molecule has 21 heavy (non-hydrogen) atoms. The van der Waals surface area contributed by atoms with Crippen molar-refractivity contribution in [1.82, 2.24) is 10.2 Å². The van der Waals surface area contributed by atoms with Crippen LogP contribution in [0.1, 0.15) is 17.5 Å². The van der Waals surface area contributed by atoms with Crippen molar-refractivity contribution in [2.75, 3.05) is 44.7 Å². The van der Waals surface area contributed by atoms with Gasteiger partial charge in [-0.05, 0) is 30.4 Å². The third-order valence-corrected chi connectivity index (χ3v) is 4.13. The van der Waals surface area contributed by atoms with Gasteiger partial charge in [-0.2, -0.15) is 0 Å². The van der Waals surface area contributed by atoms with Crippen molar-refractivity contribution < 1.29 is 9.53 Å². The molecular formula is C16H23N3O2. The van der Waals surface area contributed by atoms with Gasteiger partial charge in [-0.15, -0.1) is 0 Å². The zero-order chi connectivity index (χ0) is 14.5. The lowest BCUT2D eigenvalue weighted by molar-refractivity contribution is 0.0533. The fourth-order valence-electron chi connectivity index (χ4n) is 2.97. The van der Waals surface area contributed by atoms with Crippen molar-refractivity contribution >= 4 is 11.7 Å². The summed E-state index contributed by atoms with van der Waals surface area (Å²) in [5.74, 6) is 0. The Hall–Kier alpha value is -1.75. The minimum Gasteiger partial charge on any atom is -0.385 e. The second-order valence-electron chi connectivity index (χ2n) is 5.56. The lowest BCUT2D eigenvalue weighted by Crippen LogP contribution is -2.46. The Morgan fingerprint density at radius 2 is 2.19 bits per heavy atom. The molecule has 0 unspecified atom stereocenters. The summed E-state index contributed by atoms with van der Waals surface area (Å²) in [6.45, 7) is 4.38. The number of aryl methyl sites for hydroxylation is 1. The molecule has 1 fully saturated rings. The number of hydrogen-bond donors (Lipinski definition) is 2. The van der Waals surface area contributed by atoms with E-state index in [4.69, 9.17) is 4.74 Å². The third-order valence-electron chi connectivity index (χ3n) is 4.13. The molecule has 114 valence electrons. The fraction of sp³-hybridized carbons (Fsp3) is 0.562. The molecule has 2 aliphatic heterocycles. The van der Waals surface area contributed by atoms with Crippen LogP contribution in [0.5, 0.6) is 0 Å². The number of rotatable bonds is 3. The molecule has 0 radical (unpaired) electrons. The van der Waals surface area contributed by atoms with Crippen LogP contribution in [-0.2, 0) is 17.6 Å². The van der Waals surface area contributed by atoms with Gasteiger partial charge >= 0.3 is 6.03 Å². The summed E-state index contributed by atoms with van der Waals surface area (Å²) in [6, 6.07) is 6.48. The predicted octanol–water partition coefficient (Wildman–Crippen LogP) is 1.63. The van der Waals surface area contributed by atoms with Gasteiger partial charge in [0.1, 0.15) is 0 Å². The fourth-order valence-corrected chi connectivity index (χ4v) is 2.97. The van der Waals surface area contributed by atoms with Crippen molar-refractivity contribution in [2.45, 2.75) is 19.3 Å². The van der Waals surface area contributed by atoms with Gasteiger partial charge in [-0.1, -0.05) is 18.2 Å². The number of amides is 2. The van der Waals surface area contributed by atoms with E-state index in [1.54, 1.807) is 0 Å². The number of hydrogen-bond acceptors (Lipinski definition) is 3. The molecule has 0 atom stereocenters. The van der Waals surface area contributed by atoms with Gasteiger partial charge in [0.15, 0.2) is 0 Å². The first kappa shape index (κ1) is 14.2. The highest BCUT2D eigenvalue weighted by molar-refractivity contribution is 5.74. The zero-order valence-corrected chi connectivity index (χ0v) is 12.4. The van der Waals surface area contributed by atoms with Gasteiger partial charge in [-0.25, -0.2) is 4.79 Å². The second kappa shape index (κ2) is 6.80. The first-order chi connectivity index (χ1) is 10.3. The van der Waals surface area contributed by atoms with Crippen LogP contribution in [-0.4, -0.2) is 50.3 Å². The molecule has 1 aromatic carbocycles. The van der Waals surface area contributed by atoms with Crippen LogP contribution >= 0.6 is 0 Å². The normalized spacial score (nSPS) is 17.8. The van der Waals surface area contributed by atoms with Crippen molar-refractivity contribution in [1.29, 1.82) is 0 Å². The quantitative estimate of drug-likeness (QED) is 0.889. The number of nitrogens with one attached hydrogen (secondary N) is 2. The van der Waals surface area contributed by atoms with Gasteiger partial charge in [0.05, 0.1) is 13.2 Å². The molecule has 1 saturated heterocycles. The summed E-state index contributed by atoms with van der Waals surface area (Å²) < 4.78 is 5.26. The van der Waals surface area contributed by atoms with Crippen molar-refractivity contribution in [3.05, 3.63) is 29.3 Å².